The SMILES string of the molecule is CC(C)C/C(O)=C/C(=N)Oc1ccccc1. The molecule has 0 saturated carbocycles. The molecule has 86 valence electrons. The fourth-order valence-electron chi connectivity index (χ4n) is 1.27. The van der Waals surface area contributed by atoms with Gasteiger partial charge in [-0.15, -0.1) is 0 Å². The Bertz CT molecular complexity index is 369. The van der Waals surface area contributed by atoms with Gasteiger partial charge in [-0.1, -0.05) is 32.0 Å². The molecule has 1 aromatic carbocycles. The van der Waals surface area contributed by atoms with Gasteiger partial charge in [-0.25, -0.2) is 0 Å². The second-order valence-corrected chi connectivity index (χ2v) is 4.01. The molecule has 0 aliphatic carbocycles. The monoisotopic (exact) mass is 219 g/mol. The van der Waals surface area contributed by atoms with Crippen LogP contribution in [0.25, 0.3) is 0 Å². The number of aliphatic hydroxyl groups is 1. The first-order valence-electron chi connectivity index (χ1n) is 5.29. The number of aliphatic hydroxyl groups excluding tert-OH is 1. The van der Waals surface area contributed by atoms with E-state index in [1.807, 2.05) is 32.0 Å². The van der Waals surface area contributed by atoms with Gasteiger partial charge in [-0.3, -0.25) is 5.41 Å². The molecule has 0 atom stereocenters. The van der Waals surface area contributed by atoms with E-state index in [1.165, 1.54) is 6.08 Å². The van der Waals surface area contributed by atoms with Gasteiger partial charge in [0.1, 0.15) is 5.75 Å². The summed E-state index contributed by atoms with van der Waals surface area (Å²) < 4.78 is 5.21. The quantitative estimate of drug-likeness (QED) is 0.462. The van der Waals surface area contributed by atoms with Crippen molar-refractivity contribution in [2.75, 3.05) is 0 Å². The van der Waals surface area contributed by atoms with Crippen LogP contribution in [-0.2, 0) is 0 Å². The molecule has 0 amide bonds. The van der Waals surface area contributed by atoms with Crippen molar-refractivity contribution >= 4 is 5.90 Å². The van der Waals surface area contributed by atoms with Crippen LogP contribution < -0.4 is 4.74 Å². The molecule has 0 aliphatic heterocycles. The van der Waals surface area contributed by atoms with Crippen LogP contribution in [-0.4, -0.2) is 11.0 Å². The zero-order chi connectivity index (χ0) is 12.0. The summed E-state index contributed by atoms with van der Waals surface area (Å²) in [6.45, 7) is 4.01. The molecule has 3 heteroatoms. The van der Waals surface area contributed by atoms with Crippen LogP contribution in [0.1, 0.15) is 20.3 Å². The van der Waals surface area contributed by atoms with E-state index in [1.54, 1.807) is 12.1 Å². The van der Waals surface area contributed by atoms with E-state index in [9.17, 15) is 5.11 Å². The molecular weight excluding hydrogens is 202 g/mol. The Hall–Kier alpha value is -1.77. The van der Waals surface area contributed by atoms with Crippen molar-refractivity contribution in [3.63, 3.8) is 0 Å². The standard InChI is InChI=1S/C13H17NO2/c1-10(2)8-11(15)9-13(14)16-12-6-4-3-5-7-12/h3-7,9-10,14-15H,8H2,1-2H3/b11-9-,14-13?. The lowest BCUT2D eigenvalue weighted by molar-refractivity contribution is 0.364. The van der Waals surface area contributed by atoms with Crippen molar-refractivity contribution in [3.05, 3.63) is 42.2 Å². The van der Waals surface area contributed by atoms with Gasteiger partial charge in [-0.05, 0) is 18.1 Å². The molecule has 0 saturated heterocycles. The topological polar surface area (TPSA) is 53.3 Å². The van der Waals surface area contributed by atoms with E-state index in [-0.39, 0.29) is 11.7 Å². The molecule has 1 aromatic rings. The van der Waals surface area contributed by atoms with E-state index in [0.717, 1.165) is 0 Å². The molecule has 0 spiro atoms. The van der Waals surface area contributed by atoms with Gasteiger partial charge < -0.3 is 9.84 Å². The van der Waals surface area contributed by atoms with Crippen LogP contribution in [0, 0.1) is 11.3 Å². The molecule has 0 aliphatic rings. The summed E-state index contributed by atoms with van der Waals surface area (Å²) in [5.41, 5.74) is 0. The minimum Gasteiger partial charge on any atom is -0.512 e. The van der Waals surface area contributed by atoms with Crippen LogP contribution >= 0.6 is 0 Å². The predicted molar refractivity (Wildman–Crippen MR) is 65.0 cm³/mol. The average Bonchev–Trinajstić information content (AvgIpc) is 2.17. The van der Waals surface area contributed by atoms with Gasteiger partial charge in [0.05, 0.1) is 5.76 Å². The summed E-state index contributed by atoms with van der Waals surface area (Å²) in [5.74, 6) is 1.09. The lowest BCUT2D eigenvalue weighted by Gasteiger charge is -2.05. The highest BCUT2D eigenvalue weighted by Gasteiger charge is 2.02. The Kier molecular flexibility index (Phi) is 4.58. The summed E-state index contributed by atoms with van der Waals surface area (Å²) >= 11 is 0. The van der Waals surface area contributed by atoms with Crippen molar-refractivity contribution in [3.8, 4) is 5.75 Å². The predicted octanol–water partition coefficient (Wildman–Crippen LogP) is 3.53. The van der Waals surface area contributed by atoms with E-state index >= 15 is 0 Å². The van der Waals surface area contributed by atoms with Crippen molar-refractivity contribution in [2.24, 2.45) is 5.92 Å². The summed E-state index contributed by atoms with van der Waals surface area (Å²) in [4.78, 5) is 0. The van der Waals surface area contributed by atoms with Crippen LogP contribution in [0.5, 0.6) is 5.75 Å². The molecule has 0 bridgehead atoms. The largest absolute Gasteiger partial charge is 0.512 e. The smallest absolute Gasteiger partial charge is 0.215 e. The lowest BCUT2D eigenvalue weighted by Crippen LogP contribution is -2.05. The number of ether oxygens (including phenoxy) is 1. The first kappa shape index (κ1) is 12.3. The third kappa shape index (κ3) is 4.64. The van der Waals surface area contributed by atoms with Gasteiger partial charge in [-0.2, -0.15) is 0 Å². The Morgan fingerprint density at radius 2 is 2.00 bits per heavy atom. The number of rotatable bonds is 4. The molecule has 0 unspecified atom stereocenters. The van der Waals surface area contributed by atoms with Crippen molar-refractivity contribution in [1.29, 1.82) is 5.41 Å². The summed E-state index contributed by atoms with van der Waals surface area (Å²) in [6.07, 6.45) is 1.90. The number of benzene rings is 1. The Morgan fingerprint density at radius 1 is 1.38 bits per heavy atom. The molecule has 2 N–H and O–H groups in total. The third-order valence-electron chi connectivity index (χ3n) is 1.89. The van der Waals surface area contributed by atoms with Crippen LogP contribution in [0.3, 0.4) is 0 Å². The molecule has 0 aromatic heterocycles. The van der Waals surface area contributed by atoms with Crippen LogP contribution in [0.15, 0.2) is 42.2 Å². The second-order valence-electron chi connectivity index (χ2n) is 4.01. The van der Waals surface area contributed by atoms with Crippen LogP contribution in [0.2, 0.25) is 0 Å². The fourth-order valence-corrected chi connectivity index (χ4v) is 1.27. The number of hydrogen-bond acceptors (Lipinski definition) is 3. The Balaban J connectivity index is 2.54. The van der Waals surface area contributed by atoms with Gasteiger partial charge in [0.25, 0.3) is 0 Å². The molecule has 0 radical (unpaired) electrons. The second kappa shape index (κ2) is 5.95. The molecule has 1 rings (SSSR count). The minimum atomic E-state index is -0.0515. The number of nitrogens with one attached hydrogen (secondary N) is 1. The first-order valence-corrected chi connectivity index (χ1v) is 5.29. The normalized spacial score (nSPS) is 11.6. The molecular formula is C13H17NO2. The number of hydrogen-bond donors (Lipinski definition) is 2. The minimum absolute atomic E-state index is 0.0515. The fraction of sp³-hybridized carbons (Fsp3) is 0.308. The van der Waals surface area contributed by atoms with Gasteiger partial charge in [0.15, 0.2) is 0 Å². The van der Waals surface area contributed by atoms with Crippen molar-refractivity contribution in [2.45, 2.75) is 20.3 Å². The Morgan fingerprint density at radius 3 is 2.56 bits per heavy atom. The highest BCUT2D eigenvalue weighted by Crippen LogP contribution is 2.11. The molecule has 0 heterocycles. The summed E-state index contributed by atoms with van der Waals surface area (Å²) in [6, 6.07) is 9.08. The zero-order valence-corrected chi connectivity index (χ0v) is 9.60. The number of para-hydroxylation sites is 1. The van der Waals surface area contributed by atoms with Crippen molar-refractivity contribution in [1.82, 2.24) is 0 Å². The molecule has 16 heavy (non-hydrogen) atoms. The summed E-state index contributed by atoms with van der Waals surface area (Å²) in [5, 5.41) is 17.1. The molecule has 3 nitrogen and oxygen atoms in total. The van der Waals surface area contributed by atoms with E-state index in [0.29, 0.717) is 18.1 Å². The maximum absolute atomic E-state index is 9.51. The maximum Gasteiger partial charge on any atom is 0.215 e. The number of allylic oxidation sites excluding steroid dienone is 1. The van der Waals surface area contributed by atoms with E-state index in [2.05, 4.69) is 0 Å². The zero-order valence-electron chi connectivity index (χ0n) is 9.60. The summed E-state index contributed by atoms with van der Waals surface area (Å²) in [7, 11) is 0. The van der Waals surface area contributed by atoms with Gasteiger partial charge >= 0.3 is 0 Å². The maximum atomic E-state index is 9.51. The van der Waals surface area contributed by atoms with E-state index < -0.39 is 0 Å². The average molecular weight is 219 g/mol. The highest BCUT2D eigenvalue weighted by molar-refractivity contribution is 5.87. The third-order valence-corrected chi connectivity index (χ3v) is 1.89. The first-order chi connectivity index (χ1) is 7.58. The van der Waals surface area contributed by atoms with Crippen molar-refractivity contribution < 1.29 is 9.84 Å². The van der Waals surface area contributed by atoms with Gasteiger partial charge in [0, 0.05) is 12.5 Å². The van der Waals surface area contributed by atoms with E-state index in [4.69, 9.17) is 10.1 Å². The van der Waals surface area contributed by atoms with Gasteiger partial charge in [0.2, 0.25) is 5.90 Å². The molecule has 0 fully saturated rings. The van der Waals surface area contributed by atoms with Crippen LogP contribution in [0.4, 0.5) is 0 Å². The highest BCUT2D eigenvalue weighted by atomic mass is 16.5. The lowest BCUT2D eigenvalue weighted by atomic mass is 10.1. The Labute approximate surface area is 95.9 Å².